The van der Waals surface area contributed by atoms with Gasteiger partial charge in [-0.05, 0) is 24.8 Å². The van der Waals surface area contributed by atoms with E-state index in [1.54, 1.807) is 6.07 Å². The fraction of sp³-hybridized carbons (Fsp3) is 0.545. The fourth-order valence-corrected chi connectivity index (χ4v) is 2.25. The van der Waals surface area contributed by atoms with Gasteiger partial charge in [0.25, 0.3) is 0 Å². The summed E-state index contributed by atoms with van der Waals surface area (Å²) < 4.78 is 0. The van der Waals surface area contributed by atoms with Crippen LogP contribution in [-0.2, 0) is 0 Å². The van der Waals surface area contributed by atoms with Crippen LogP contribution in [0.15, 0.2) is 12.1 Å². The summed E-state index contributed by atoms with van der Waals surface area (Å²) in [5.41, 5.74) is 5.40. The van der Waals surface area contributed by atoms with Crippen molar-refractivity contribution in [3.63, 3.8) is 0 Å². The fourth-order valence-electron chi connectivity index (χ4n) is 2.25. The van der Waals surface area contributed by atoms with Crippen LogP contribution in [0.3, 0.4) is 0 Å². The Morgan fingerprint density at radius 2 is 2.39 bits per heavy atom. The van der Waals surface area contributed by atoms with Gasteiger partial charge in [-0.3, -0.25) is 10.1 Å². The molecule has 1 aromatic rings. The lowest BCUT2D eigenvalue weighted by Crippen LogP contribution is -2.21. The maximum absolute atomic E-state index is 10.6. The quantitative estimate of drug-likeness (QED) is 0.606. The summed E-state index contributed by atoms with van der Waals surface area (Å²) >= 11 is 0. The highest BCUT2D eigenvalue weighted by molar-refractivity contribution is 5.58. The molecule has 0 amide bonds. The van der Waals surface area contributed by atoms with Gasteiger partial charge in [0.1, 0.15) is 5.82 Å². The number of nitrogens with zero attached hydrogens (tertiary/aromatic N) is 3. The molecular weight excluding hydrogens is 236 g/mol. The molecule has 0 saturated carbocycles. The molecule has 0 aliphatic carbocycles. The number of nitrogen functional groups attached to an aromatic ring is 1. The highest BCUT2D eigenvalue weighted by atomic mass is 16.6. The Morgan fingerprint density at radius 1 is 1.61 bits per heavy atom. The lowest BCUT2D eigenvalue weighted by Gasteiger charge is -2.17. The average Bonchev–Trinajstić information content (AvgIpc) is 2.77. The van der Waals surface area contributed by atoms with Gasteiger partial charge in [0, 0.05) is 25.8 Å². The molecule has 1 fully saturated rings. The van der Waals surface area contributed by atoms with Gasteiger partial charge in [-0.15, -0.1) is 0 Å². The normalized spacial score (nSPS) is 19.2. The molecule has 18 heavy (non-hydrogen) atoms. The Hall–Kier alpha value is -1.89. The molecule has 0 aromatic carbocycles. The number of hydrogen-bond donors (Lipinski definition) is 2. The zero-order chi connectivity index (χ0) is 13.1. The smallest absolute Gasteiger partial charge is 0.311 e. The summed E-state index contributed by atoms with van der Waals surface area (Å²) in [6.45, 7) is 1.84. The highest BCUT2D eigenvalue weighted by Gasteiger charge is 2.24. The van der Waals surface area contributed by atoms with Gasteiger partial charge in [-0.2, -0.15) is 0 Å². The number of nitrogens with two attached hydrogens (primary N) is 1. The van der Waals surface area contributed by atoms with Crippen LogP contribution in [0.5, 0.6) is 0 Å². The minimum absolute atomic E-state index is 0.0527. The second kappa shape index (κ2) is 5.18. The number of aliphatic hydroxyl groups is 1. The summed E-state index contributed by atoms with van der Waals surface area (Å²) in [4.78, 5) is 16.2. The third-order valence-corrected chi connectivity index (χ3v) is 3.23. The number of hydrogen-bond acceptors (Lipinski definition) is 6. The minimum atomic E-state index is -0.537. The number of aromatic nitrogens is 1. The highest BCUT2D eigenvalue weighted by Crippen LogP contribution is 2.27. The number of rotatable bonds is 4. The molecule has 7 nitrogen and oxygen atoms in total. The van der Waals surface area contributed by atoms with Crippen molar-refractivity contribution in [2.75, 3.05) is 30.3 Å². The van der Waals surface area contributed by atoms with Crippen LogP contribution >= 0.6 is 0 Å². The Labute approximate surface area is 104 Å². The number of nitro groups is 1. The predicted octanol–water partition coefficient (Wildman–Crippen LogP) is 0.781. The van der Waals surface area contributed by atoms with E-state index in [0.717, 1.165) is 25.9 Å². The first-order chi connectivity index (χ1) is 8.61. The van der Waals surface area contributed by atoms with Crippen LogP contribution in [0.4, 0.5) is 17.3 Å². The lowest BCUT2D eigenvalue weighted by atomic mass is 10.1. The van der Waals surface area contributed by atoms with Crippen molar-refractivity contribution in [3.05, 3.63) is 22.2 Å². The molecule has 1 aliphatic heterocycles. The van der Waals surface area contributed by atoms with E-state index in [0.29, 0.717) is 11.7 Å². The zero-order valence-corrected chi connectivity index (χ0v) is 9.95. The standard InChI is InChI=1S/C11H16N4O3/c12-11-9(15(17)18)1-2-10(13-11)14-5-3-8(7-14)4-6-16/h1-2,8,16H,3-7H2,(H2,12,13). The molecule has 2 heterocycles. The minimum Gasteiger partial charge on any atom is -0.396 e. The summed E-state index contributed by atoms with van der Waals surface area (Å²) in [7, 11) is 0. The van der Waals surface area contributed by atoms with Crippen LogP contribution in [0.25, 0.3) is 0 Å². The van der Waals surface area contributed by atoms with Gasteiger partial charge in [-0.1, -0.05) is 0 Å². The van der Waals surface area contributed by atoms with E-state index in [2.05, 4.69) is 4.98 Å². The molecule has 1 saturated heterocycles. The molecule has 1 aliphatic rings. The van der Waals surface area contributed by atoms with Crippen LogP contribution in [0, 0.1) is 16.0 Å². The van der Waals surface area contributed by atoms with Crippen molar-refractivity contribution in [3.8, 4) is 0 Å². The van der Waals surface area contributed by atoms with Crippen molar-refractivity contribution in [1.29, 1.82) is 0 Å². The van der Waals surface area contributed by atoms with Crippen LogP contribution in [0.1, 0.15) is 12.8 Å². The summed E-state index contributed by atoms with van der Waals surface area (Å²) in [6.07, 6.45) is 1.78. The molecule has 0 radical (unpaired) electrons. The van der Waals surface area contributed by atoms with Crippen LogP contribution in [0.2, 0.25) is 0 Å². The van der Waals surface area contributed by atoms with Crippen LogP contribution in [-0.4, -0.2) is 34.7 Å². The van der Waals surface area contributed by atoms with Gasteiger partial charge < -0.3 is 15.7 Å². The SMILES string of the molecule is Nc1nc(N2CCC(CCO)C2)ccc1[N+](=O)[O-]. The Bertz CT molecular complexity index is 452. The third-order valence-electron chi connectivity index (χ3n) is 3.23. The van der Waals surface area contributed by atoms with Gasteiger partial charge >= 0.3 is 5.69 Å². The van der Waals surface area contributed by atoms with Gasteiger partial charge in [0.15, 0.2) is 0 Å². The van der Waals surface area contributed by atoms with E-state index in [1.807, 2.05) is 4.90 Å². The molecular formula is C11H16N4O3. The van der Waals surface area contributed by atoms with Crippen molar-refractivity contribution >= 4 is 17.3 Å². The van der Waals surface area contributed by atoms with Crippen molar-refractivity contribution in [2.45, 2.75) is 12.8 Å². The first kappa shape index (κ1) is 12.6. The van der Waals surface area contributed by atoms with E-state index >= 15 is 0 Å². The van der Waals surface area contributed by atoms with Gasteiger partial charge in [0.2, 0.25) is 5.82 Å². The Morgan fingerprint density at radius 3 is 3.00 bits per heavy atom. The number of pyridine rings is 1. The van der Waals surface area contributed by atoms with Gasteiger partial charge in [0.05, 0.1) is 4.92 Å². The molecule has 3 N–H and O–H groups in total. The summed E-state index contributed by atoms with van der Waals surface area (Å²) in [5.74, 6) is 1.06. The summed E-state index contributed by atoms with van der Waals surface area (Å²) in [5, 5.41) is 19.5. The van der Waals surface area contributed by atoms with Crippen LogP contribution < -0.4 is 10.6 Å². The van der Waals surface area contributed by atoms with Crippen molar-refractivity contribution in [1.82, 2.24) is 4.98 Å². The Balaban J connectivity index is 2.11. The van der Waals surface area contributed by atoms with Gasteiger partial charge in [-0.25, -0.2) is 4.98 Å². The lowest BCUT2D eigenvalue weighted by molar-refractivity contribution is -0.384. The zero-order valence-electron chi connectivity index (χ0n) is 9.95. The molecule has 1 atom stereocenters. The predicted molar refractivity (Wildman–Crippen MR) is 67.3 cm³/mol. The van der Waals surface area contributed by atoms with E-state index in [9.17, 15) is 10.1 Å². The number of aliphatic hydroxyl groups excluding tert-OH is 1. The molecule has 0 bridgehead atoms. The number of anilines is 2. The topological polar surface area (TPSA) is 106 Å². The van der Waals surface area contributed by atoms with E-state index in [4.69, 9.17) is 10.8 Å². The van der Waals surface area contributed by atoms with Crippen molar-refractivity contribution in [2.24, 2.45) is 5.92 Å². The van der Waals surface area contributed by atoms with E-state index in [1.165, 1.54) is 6.07 Å². The molecule has 2 rings (SSSR count). The maximum Gasteiger partial charge on any atom is 0.311 e. The average molecular weight is 252 g/mol. The molecule has 0 spiro atoms. The summed E-state index contributed by atoms with van der Waals surface area (Å²) in [6, 6.07) is 3.01. The van der Waals surface area contributed by atoms with E-state index in [-0.39, 0.29) is 18.1 Å². The first-order valence-corrected chi connectivity index (χ1v) is 5.88. The molecule has 1 aromatic heterocycles. The second-order valence-corrected chi connectivity index (χ2v) is 4.44. The van der Waals surface area contributed by atoms with Crippen molar-refractivity contribution < 1.29 is 10.0 Å². The molecule has 1 unspecified atom stereocenters. The third kappa shape index (κ3) is 2.51. The second-order valence-electron chi connectivity index (χ2n) is 4.44. The first-order valence-electron chi connectivity index (χ1n) is 5.88. The molecule has 7 heteroatoms. The monoisotopic (exact) mass is 252 g/mol. The Kier molecular flexibility index (Phi) is 3.61. The largest absolute Gasteiger partial charge is 0.396 e. The maximum atomic E-state index is 10.6. The molecule has 98 valence electrons. The van der Waals surface area contributed by atoms with E-state index < -0.39 is 4.92 Å².